The van der Waals surface area contributed by atoms with Crippen molar-refractivity contribution in [2.24, 2.45) is 5.92 Å². The van der Waals surface area contributed by atoms with Crippen LogP contribution in [0.4, 0.5) is 4.79 Å². The highest BCUT2D eigenvalue weighted by Crippen LogP contribution is 2.17. The number of nitrogens with one attached hydrogen (secondary N) is 1. The summed E-state index contributed by atoms with van der Waals surface area (Å²) in [6.07, 6.45) is 4.02. The molecule has 1 atom stereocenters. The third-order valence-corrected chi connectivity index (χ3v) is 3.15. The molecular formula is C13H25N3O. The van der Waals surface area contributed by atoms with E-state index >= 15 is 0 Å². The minimum absolute atomic E-state index is 0.0468. The van der Waals surface area contributed by atoms with Crippen LogP contribution in [-0.2, 0) is 0 Å². The standard InChI is InChI=1S/C13H25N3O/c1-4-7-14-13(17)16-9-6-12(11-16)10-15(3)8-5-2/h4,12H,1,5-11H2,2-3H3,(H,14,17)/t12-/m1/s1. The lowest BCUT2D eigenvalue weighted by molar-refractivity contribution is 0.205. The molecule has 4 nitrogen and oxygen atoms in total. The van der Waals surface area contributed by atoms with Crippen molar-refractivity contribution in [1.29, 1.82) is 0 Å². The maximum Gasteiger partial charge on any atom is 0.317 e. The largest absolute Gasteiger partial charge is 0.335 e. The zero-order chi connectivity index (χ0) is 12.7. The van der Waals surface area contributed by atoms with Gasteiger partial charge in [0.2, 0.25) is 0 Å². The second-order valence-electron chi connectivity index (χ2n) is 4.84. The van der Waals surface area contributed by atoms with Crippen molar-refractivity contribution in [2.75, 3.05) is 39.8 Å². The SMILES string of the molecule is C=CCNC(=O)N1CC[C@H](CN(C)CCC)C1. The number of nitrogens with zero attached hydrogens (tertiary/aromatic N) is 2. The van der Waals surface area contributed by atoms with Gasteiger partial charge in [0.15, 0.2) is 0 Å². The molecule has 0 aromatic rings. The minimum atomic E-state index is 0.0468. The van der Waals surface area contributed by atoms with E-state index in [0.29, 0.717) is 12.5 Å². The first-order valence-electron chi connectivity index (χ1n) is 6.49. The van der Waals surface area contributed by atoms with Crippen LogP contribution in [-0.4, -0.2) is 55.6 Å². The molecule has 17 heavy (non-hydrogen) atoms. The minimum Gasteiger partial charge on any atom is -0.335 e. The molecule has 0 spiro atoms. The van der Waals surface area contributed by atoms with Crippen LogP contribution in [0, 0.1) is 5.92 Å². The summed E-state index contributed by atoms with van der Waals surface area (Å²) in [4.78, 5) is 16.0. The van der Waals surface area contributed by atoms with Crippen LogP contribution in [0.5, 0.6) is 0 Å². The molecule has 0 aromatic carbocycles. The third-order valence-electron chi connectivity index (χ3n) is 3.15. The summed E-state index contributed by atoms with van der Waals surface area (Å²) in [6, 6.07) is 0.0468. The van der Waals surface area contributed by atoms with Crippen molar-refractivity contribution in [3.8, 4) is 0 Å². The van der Waals surface area contributed by atoms with Crippen molar-refractivity contribution in [1.82, 2.24) is 15.1 Å². The molecule has 1 aliphatic rings. The molecule has 0 unspecified atom stereocenters. The maximum atomic E-state index is 11.7. The quantitative estimate of drug-likeness (QED) is 0.714. The van der Waals surface area contributed by atoms with Crippen molar-refractivity contribution >= 4 is 6.03 Å². The van der Waals surface area contributed by atoms with E-state index in [1.54, 1.807) is 6.08 Å². The highest BCUT2D eigenvalue weighted by Gasteiger charge is 2.26. The molecule has 1 N–H and O–H groups in total. The molecule has 0 saturated carbocycles. The van der Waals surface area contributed by atoms with E-state index in [1.165, 1.54) is 6.42 Å². The van der Waals surface area contributed by atoms with E-state index in [-0.39, 0.29) is 6.03 Å². The Morgan fingerprint density at radius 1 is 1.65 bits per heavy atom. The van der Waals surface area contributed by atoms with Gasteiger partial charge in [0.1, 0.15) is 0 Å². The molecule has 0 aliphatic carbocycles. The summed E-state index contributed by atoms with van der Waals surface area (Å²) in [6.45, 7) is 10.3. The van der Waals surface area contributed by atoms with Gasteiger partial charge in [-0.25, -0.2) is 4.79 Å². The number of amides is 2. The van der Waals surface area contributed by atoms with Gasteiger partial charge in [-0.3, -0.25) is 0 Å². The Morgan fingerprint density at radius 2 is 2.41 bits per heavy atom. The Balaban J connectivity index is 2.26. The maximum absolute atomic E-state index is 11.7. The zero-order valence-electron chi connectivity index (χ0n) is 11.1. The molecule has 0 bridgehead atoms. The average molecular weight is 239 g/mol. The summed E-state index contributed by atoms with van der Waals surface area (Å²) in [5.41, 5.74) is 0. The monoisotopic (exact) mass is 239 g/mol. The van der Waals surface area contributed by atoms with Crippen LogP contribution < -0.4 is 5.32 Å². The normalized spacial score (nSPS) is 19.7. The number of hydrogen-bond acceptors (Lipinski definition) is 2. The third kappa shape index (κ3) is 4.77. The summed E-state index contributed by atoms with van der Waals surface area (Å²) >= 11 is 0. The predicted octanol–water partition coefficient (Wildman–Crippen LogP) is 1.55. The van der Waals surface area contributed by atoms with Gasteiger partial charge in [-0.1, -0.05) is 13.0 Å². The van der Waals surface area contributed by atoms with Crippen LogP contribution in [0.1, 0.15) is 19.8 Å². The first kappa shape index (κ1) is 14.0. The van der Waals surface area contributed by atoms with Gasteiger partial charge in [0.25, 0.3) is 0 Å². The Bertz CT molecular complexity index is 255. The number of urea groups is 1. The van der Waals surface area contributed by atoms with Gasteiger partial charge in [0.05, 0.1) is 0 Å². The van der Waals surface area contributed by atoms with E-state index in [2.05, 4.69) is 30.8 Å². The number of carbonyl (C=O) groups excluding carboxylic acids is 1. The number of carbonyl (C=O) groups is 1. The molecule has 1 fully saturated rings. The molecule has 0 radical (unpaired) electrons. The van der Waals surface area contributed by atoms with Crippen LogP contribution in [0.15, 0.2) is 12.7 Å². The van der Waals surface area contributed by atoms with E-state index in [9.17, 15) is 4.79 Å². The van der Waals surface area contributed by atoms with Gasteiger partial charge < -0.3 is 15.1 Å². The fourth-order valence-electron chi connectivity index (χ4n) is 2.35. The number of rotatable bonds is 6. The zero-order valence-corrected chi connectivity index (χ0v) is 11.1. The molecule has 1 rings (SSSR count). The second-order valence-corrected chi connectivity index (χ2v) is 4.84. The fourth-order valence-corrected chi connectivity index (χ4v) is 2.35. The van der Waals surface area contributed by atoms with Gasteiger partial charge in [-0.05, 0) is 32.4 Å². The van der Waals surface area contributed by atoms with Gasteiger partial charge in [0, 0.05) is 26.2 Å². The van der Waals surface area contributed by atoms with Crippen molar-refractivity contribution in [3.05, 3.63) is 12.7 Å². The summed E-state index contributed by atoms with van der Waals surface area (Å²) in [5, 5.41) is 2.83. The highest BCUT2D eigenvalue weighted by atomic mass is 16.2. The molecule has 98 valence electrons. The molecule has 1 heterocycles. The van der Waals surface area contributed by atoms with Crippen molar-refractivity contribution in [3.63, 3.8) is 0 Å². The summed E-state index contributed by atoms with van der Waals surface area (Å²) in [5.74, 6) is 0.626. The molecular weight excluding hydrogens is 214 g/mol. The van der Waals surface area contributed by atoms with Crippen LogP contribution in [0.3, 0.4) is 0 Å². The molecule has 2 amide bonds. The Hall–Kier alpha value is -1.03. The topological polar surface area (TPSA) is 35.6 Å². The predicted molar refractivity (Wildman–Crippen MR) is 71.1 cm³/mol. The fraction of sp³-hybridized carbons (Fsp3) is 0.769. The second kappa shape index (κ2) is 7.33. The lowest BCUT2D eigenvalue weighted by Gasteiger charge is -2.21. The highest BCUT2D eigenvalue weighted by molar-refractivity contribution is 5.74. The van der Waals surface area contributed by atoms with Crippen LogP contribution in [0.25, 0.3) is 0 Å². The Kier molecular flexibility index (Phi) is 6.05. The van der Waals surface area contributed by atoms with Crippen molar-refractivity contribution < 1.29 is 4.79 Å². The van der Waals surface area contributed by atoms with Crippen LogP contribution in [0.2, 0.25) is 0 Å². The lowest BCUT2D eigenvalue weighted by atomic mass is 10.1. The lowest BCUT2D eigenvalue weighted by Crippen LogP contribution is -2.39. The van der Waals surface area contributed by atoms with Crippen molar-refractivity contribution in [2.45, 2.75) is 19.8 Å². The number of likely N-dealkylation sites (tertiary alicyclic amines) is 1. The first-order chi connectivity index (χ1) is 8.17. The molecule has 1 saturated heterocycles. The van der Waals surface area contributed by atoms with Gasteiger partial charge in [-0.2, -0.15) is 0 Å². The van der Waals surface area contributed by atoms with E-state index in [1.807, 2.05) is 4.90 Å². The summed E-state index contributed by atoms with van der Waals surface area (Å²) < 4.78 is 0. The van der Waals surface area contributed by atoms with Crippen LogP contribution >= 0.6 is 0 Å². The van der Waals surface area contributed by atoms with E-state index in [4.69, 9.17) is 0 Å². The number of hydrogen-bond donors (Lipinski definition) is 1. The van der Waals surface area contributed by atoms with E-state index < -0.39 is 0 Å². The molecule has 1 aliphatic heterocycles. The van der Waals surface area contributed by atoms with E-state index in [0.717, 1.165) is 32.6 Å². The molecule has 4 heteroatoms. The van der Waals surface area contributed by atoms with Gasteiger partial charge in [-0.15, -0.1) is 6.58 Å². The van der Waals surface area contributed by atoms with Gasteiger partial charge >= 0.3 is 6.03 Å². The average Bonchev–Trinajstić information content (AvgIpc) is 2.74. The Morgan fingerprint density at radius 3 is 3.06 bits per heavy atom. The molecule has 0 aromatic heterocycles. The summed E-state index contributed by atoms with van der Waals surface area (Å²) in [7, 11) is 2.16. The Labute approximate surface area is 105 Å². The smallest absolute Gasteiger partial charge is 0.317 e. The first-order valence-corrected chi connectivity index (χ1v) is 6.49.